The molecule has 0 bridgehead atoms. The first-order valence-corrected chi connectivity index (χ1v) is 7.24. The molecular weight excluding hydrogens is 332 g/mol. The highest BCUT2D eigenvalue weighted by atomic mass is 79.9. The van der Waals surface area contributed by atoms with E-state index in [-0.39, 0.29) is 18.4 Å². The van der Waals surface area contributed by atoms with Gasteiger partial charge in [-0.05, 0) is 37.3 Å². The van der Waals surface area contributed by atoms with Crippen molar-refractivity contribution >= 4 is 33.4 Å². The molecule has 2 rings (SSSR count). The summed E-state index contributed by atoms with van der Waals surface area (Å²) in [6, 6.07) is 14.5. The Morgan fingerprint density at radius 2 is 1.86 bits per heavy atom. The molecule has 0 unspecified atom stereocenters. The Bertz CT molecular complexity index is 671. The largest absolute Gasteiger partial charge is 0.343 e. The molecule has 0 aromatic heterocycles. The zero-order chi connectivity index (χ0) is 15.2. The Kier molecular flexibility index (Phi) is 5.11. The molecule has 0 aliphatic heterocycles. The summed E-state index contributed by atoms with van der Waals surface area (Å²) >= 11 is 3.33. The number of carbonyl (C=O) groups is 2. The number of anilines is 1. The van der Waals surface area contributed by atoms with Gasteiger partial charge in [-0.15, -0.1) is 0 Å². The highest BCUT2D eigenvalue weighted by Gasteiger charge is 2.08. The van der Waals surface area contributed by atoms with E-state index in [2.05, 4.69) is 26.6 Å². The van der Waals surface area contributed by atoms with Crippen LogP contribution in [0.5, 0.6) is 0 Å². The average Bonchev–Trinajstić information content (AvgIpc) is 2.45. The molecule has 0 fully saturated rings. The molecule has 0 heterocycles. The molecular formula is C16H15BrN2O2. The van der Waals surface area contributed by atoms with Crippen molar-refractivity contribution < 1.29 is 9.59 Å². The summed E-state index contributed by atoms with van der Waals surface area (Å²) in [7, 11) is 0. The zero-order valence-electron chi connectivity index (χ0n) is 11.5. The maximum absolute atomic E-state index is 11.9. The first-order chi connectivity index (χ1) is 10.0. The molecule has 2 aromatic rings. The number of halogens is 1. The molecule has 4 nitrogen and oxygen atoms in total. The Morgan fingerprint density at radius 3 is 2.57 bits per heavy atom. The summed E-state index contributed by atoms with van der Waals surface area (Å²) in [5, 5.41) is 5.32. The topological polar surface area (TPSA) is 58.2 Å². The third kappa shape index (κ3) is 4.72. The van der Waals surface area contributed by atoms with Crippen molar-refractivity contribution in [3.63, 3.8) is 0 Å². The molecule has 2 aromatic carbocycles. The highest BCUT2D eigenvalue weighted by Crippen LogP contribution is 2.15. The standard InChI is InChI=1S/C16H15BrN2O2/c1-11-4-2-5-12(8-11)16(21)18-10-15(20)19-14-7-3-6-13(17)9-14/h2-9H,10H2,1H3,(H,18,21)(H,19,20). The quantitative estimate of drug-likeness (QED) is 0.893. The van der Waals surface area contributed by atoms with Gasteiger partial charge >= 0.3 is 0 Å². The normalized spacial score (nSPS) is 10.0. The fourth-order valence-corrected chi connectivity index (χ4v) is 2.22. The average molecular weight is 347 g/mol. The molecule has 0 spiro atoms. The number of nitrogens with one attached hydrogen (secondary N) is 2. The number of hydrogen-bond donors (Lipinski definition) is 2. The molecule has 21 heavy (non-hydrogen) atoms. The lowest BCUT2D eigenvalue weighted by molar-refractivity contribution is -0.115. The summed E-state index contributed by atoms with van der Waals surface area (Å²) in [6.45, 7) is 1.84. The van der Waals surface area contributed by atoms with Crippen LogP contribution >= 0.6 is 15.9 Å². The van der Waals surface area contributed by atoms with E-state index in [1.165, 1.54) is 0 Å². The van der Waals surface area contributed by atoms with E-state index in [4.69, 9.17) is 0 Å². The van der Waals surface area contributed by atoms with Crippen LogP contribution in [0.2, 0.25) is 0 Å². The molecule has 0 atom stereocenters. The van der Waals surface area contributed by atoms with Gasteiger partial charge in [-0.1, -0.05) is 39.7 Å². The molecule has 0 saturated carbocycles. The van der Waals surface area contributed by atoms with Crippen LogP contribution in [-0.2, 0) is 4.79 Å². The van der Waals surface area contributed by atoms with E-state index in [1.54, 1.807) is 24.3 Å². The molecule has 0 saturated heterocycles. The van der Waals surface area contributed by atoms with Gasteiger partial charge in [-0.3, -0.25) is 9.59 Å². The number of benzene rings is 2. The van der Waals surface area contributed by atoms with E-state index in [1.807, 2.05) is 31.2 Å². The number of carbonyl (C=O) groups excluding carboxylic acids is 2. The van der Waals surface area contributed by atoms with Crippen molar-refractivity contribution in [2.75, 3.05) is 11.9 Å². The summed E-state index contributed by atoms with van der Waals surface area (Å²) in [5.41, 5.74) is 2.23. The van der Waals surface area contributed by atoms with E-state index >= 15 is 0 Å². The minimum absolute atomic E-state index is 0.0702. The Hall–Kier alpha value is -2.14. The SMILES string of the molecule is Cc1cccc(C(=O)NCC(=O)Nc2cccc(Br)c2)c1. The van der Waals surface area contributed by atoms with Crippen LogP contribution in [0.25, 0.3) is 0 Å². The van der Waals surface area contributed by atoms with E-state index in [0.717, 1.165) is 10.0 Å². The predicted molar refractivity (Wildman–Crippen MR) is 86.3 cm³/mol. The van der Waals surface area contributed by atoms with Crippen molar-refractivity contribution in [3.05, 3.63) is 64.1 Å². The maximum Gasteiger partial charge on any atom is 0.251 e. The van der Waals surface area contributed by atoms with Crippen molar-refractivity contribution in [2.45, 2.75) is 6.92 Å². The number of rotatable bonds is 4. The van der Waals surface area contributed by atoms with Gasteiger partial charge in [-0.2, -0.15) is 0 Å². The third-order valence-corrected chi connectivity index (χ3v) is 3.29. The highest BCUT2D eigenvalue weighted by molar-refractivity contribution is 9.10. The van der Waals surface area contributed by atoms with Crippen LogP contribution in [0.15, 0.2) is 53.0 Å². The van der Waals surface area contributed by atoms with Crippen molar-refractivity contribution in [1.29, 1.82) is 0 Å². The first kappa shape index (κ1) is 15.3. The fourth-order valence-electron chi connectivity index (χ4n) is 1.82. The number of aryl methyl sites for hydroxylation is 1. The van der Waals surface area contributed by atoms with E-state index < -0.39 is 0 Å². The summed E-state index contributed by atoms with van der Waals surface area (Å²) in [6.07, 6.45) is 0. The molecule has 2 amide bonds. The lowest BCUT2D eigenvalue weighted by Gasteiger charge is -2.07. The first-order valence-electron chi connectivity index (χ1n) is 6.45. The van der Waals surface area contributed by atoms with Crippen molar-refractivity contribution in [1.82, 2.24) is 5.32 Å². The lowest BCUT2D eigenvalue weighted by atomic mass is 10.1. The van der Waals surface area contributed by atoms with Crippen LogP contribution in [0.4, 0.5) is 5.69 Å². The maximum atomic E-state index is 11.9. The van der Waals surface area contributed by atoms with Gasteiger partial charge in [0.15, 0.2) is 0 Å². The molecule has 0 aliphatic rings. The van der Waals surface area contributed by atoms with E-state index in [0.29, 0.717) is 11.3 Å². The summed E-state index contributed by atoms with van der Waals surface area (Å²) < 4.78 is 0.879. The van der Waals surface area contributed by atoms with E-state index in [9.17, 15) is 9.59 Å². The predicted octanol–water partition coefficient (Wildman–Crippen LogP) is 3.13. The van der Waals surface area contributed by atoms with Gasteiger partial charge in [0, 0.05) is 15.7 Å². The second-order valence-electron chi connectivity index (χ2n) is 4.61. The third-order valence-electron chi connectivity index (χ3n) is 2.80. The second kappa shape index (κ2) is 7.04. The van der Waals surface area contributed by atoms with Crippen LogP contribution in [-0.4, -0.2) is 18.4 Å². The van der Waals surface area contributed by atoms with Gasteiger partial charge < -0.3 is 10.6 Å². The van der Waals surface area contributed by atoms with Gasteiger partial charge in [0.2, 0.25) is 5.91 Å². The number of hydrogen-bond acceptors (Lipinski definition) is 2. The zero-order valence-corrected chi connectivity index (χ0v) is 13.1. The molecule has 5 heteroatoms. The Morgan fingerprint density at radius 1 is 1.10 bits per heavy atom. The van der Waals surface area contributed by atoms with Crippen molar-refractivity contribution in [2.24, 2.45) is 0 Å². The Balaban J connectivity index is 1.88. The minimum atomic E-state index is -0.269. The minimum Gasteiger partial charge on any atom is -0.343 e. The smallest absolute Gasteiger partial charge is 0.251 e. The summed E-state index contributed by atoms with van der Waals surface area (Å²) in [5.74, 6) is -0.530. The fraction of sp³-hybridized carbons (Fsp3) is 0.125. The van der Waals surface area contributed by atoms with Crippen LogP contribution in [0, 0.1) is 6.92 Å². The molecule has 0 aliphatic carbocycles. The number of amides is 2. The second-order valence-corrected chi connectivity index (χ2v) is 5.53. The molecule has 108 valence electrons. The Labute approximate surface area is 131 Å². The van der Waals surface area contributed by atoms with Gasteiger partial charge in [0.1, 0.15) is 0 Å². The summed E-state index contributed by atoms with van der Waals surface area (Å²) in [4.78, 5) is 23.7. The van der Waals surface area contributed by atoms with Gasteiger partial charge in [-0.25, -0.2) is 0 Å². The van der Waals surface area contributed by atoms with Gasteiger partial charge in [0.05, 0.1) is 6.54 Å². The monoisotopic (exact) mass is 346 g/mol. The molecule has 2 N–H and O–H groups in total. The van der Waals surface area contributed by atoms with Crippen molar-refractivity contribution in [3.8, 4) is 0 Å². The van der Waals surface area contributed by atoms with Crippen LogP contribution in [0.1, 0.15) is 15.9 Å². The van der Waals surface area contributed by atoms with Gasteiger partial charge in [0.25, 0.3) is 5.91 Å². The lowest BCUT2D eigenvalue weighted by Crippen LogP contribution is -2.32. The van der Waals surface area contributed by atoms with Crippen LogP contribution in [0.3, 0.4) is 0 Å². The van der Waals surface area contributed by atoms with Crippen LogP contribution < -0.4 is 10.6 Å². The molecule has 0 radical (unpaired) electrons.